The van der Waals surface area contributed by atoms with Crippen LogP contribution >= 0.6 is 11.6 Å². The first-order chi connectivity index (χ1) is 10.0. The standard InChI is InChI=1S/C16H15ClF3N/c1-2-8-21-16(10-6-7-12(17)14(19)9-10)11-4-3-5-13(18)15(11)20/h3-7,9,16,21H,2,8H2,1H3. The summed E-state index contributed by atoms with van der Waals surface area (Å²) in [6.45, 7) is 2.54. The lowest BCUT2D eigenvalue weighted by atomic mass is 9.97. The van der Waals surface area contributed by atoms with Gasteiger partial charge in [0.05, 0.1) is 11.1 Å². The van der Waals surface area contributed by atoms with Crippen molar-refractivity contribution < 1.29 is 13.2 Å². The first-order valence-electron chi connectivity index (χ1n) is 6.66. The summed E-state index contributed by atoms with van der Waals surface area (Å²) in [6, 6.07) is 7.58. The molecule has 0 saturated heterocycles. The molecular weight excluding hydrogens is 299 g/mol. The highest BCUT2D eigenvalue weighted by molar-refractivity contribution is 6.30. The van der Waals surface area contributed by atoms with Crippen molar-refractivity contribution in [1.29, 1.82) is 0 Å². The summed E-state index contributed by atoms with van der Waals surface area (Å²) in [5, 5.41) is 3.09. The molecular formula is C16H15ClF3N. The lowest BCUT2D eigenvalue weighted by Crippen LogP contribution is -2.24. The molecule has 0 radical (unpaired) electrons. The van der Waals surface area contributed by atoms with Crippen molar-refractivity contribution in [3.05, 3.63) is 70.0 Å². The molecule has 2 rings (SSSR count). The fourth-order valence-corrected chi connectivity index (χ4v) is 2.25. The average Bonchev–Trinajstić information content (AvgIpc) is 2.47. The normalized spacial score (nSPS) is 12.4. The van der Waals surface area contributed by atoms with Gasteiger partial charge >= 0.3 is 0 Å². The monoisotopic (exact) mass is 313 g/mol. The Hall–Kier alpha value is -1.52. The molecule has 1 atom stereocenters. The van der Waals surface area contributed by atoms with Gasteiger partial charge in [-0.25, -0.2) is 13.2 Å². The van der Waals surface area contributed by atoms with Crippen LogP contribution in [-0.4, -0.2) is 6.54 Å². The van der Waals surface area contributed by atoms with Crippen molar-refractivity contribution in [2.75, 3.05) is 6.54 Å². The van der Waals surface area contributed by atoms with Gasteiger partial charge in [0.25, 0.3) is 0 Å². The molecule has 1 unspecified atom stereocenters. The molecule has 0 aliphatic carbocycles. The smallest absolute Gasteiger partial charge is 0.163 e. The molecule has 2 aromatic carbocycles. The molecule has 0 heterocycles. The zero-order chi connectivity index (χ0) is 15.4. The Kier molecular flexibility index (Phi) is 5.26. The molecule has 1 N–H and O–H groups in total. The summed E-state index contributed by atoms with van der Waals surface area (Å²) in [7, 11) is 0. The summed E-state index contributed by atoms with van der Waals surface area (Å²) in [4.78, 5) is 0. The molecule has 2 aromatic rings. The number of hydrogen-bond acceptors (Lipinski definition) is 1. The highest BCUT2D eigenvalue weighted by Crippen LogP contribution is 2.28. The number of benzene rings is 2. The SMILES string of the molecule is CCCNC(c1ccc(Cl)c(F)c1)c1cccc(F)c1F. The van der Waals surface area contributed by atoms with Gasteiger partial charge in [0.15, 0.2) is 11.6 Å². The van der Waals surface area contributed by atoms with Crippen molar-refractivity contribution in [2.45, 2.75) is 19.4 Å². The minimum atomic E-state index is -0.929. The summed E-state index contributed by atoms with van der Waals surface area (Å²) in [6.07, 6.45) is 0.809. The van der Waals surface area contributed by atoms with Crippen LogP contribution in [0.4, 0.5) is 13.2 Å². The maximum absolute atomic E-state index is 14.0. The van der Waals surface area contributed by atoms with E-state index in [4.69, 9.17) is 11.6 Å². The Morgan fingerprint density at radius 3 is 2.52 bits per heavy atom. The van der Waals surface area contributed by atoms with Crippen molar-refractivity contribution in [3.8, 4) is 0 Å². The van der Waals surface area contributed by atoms with E-state index in [0.29, 0.717) is 12.1 Å². The molecule has 112 valence electrons. The van der Waals surface area contributed by atoms with Crippen LogP contribution in [-0.2, 0) is 0 Å². The van der Waals surface area contributed by atoms with Gasteiger partial charge in [-0.15, -0.1) is 0 Å². The Morgan fingerprint density at radius 2 is 1.86 bits per heavy atom. The van der Waals surface area contributed by atoms with Gasteiger partial charge in [-0.3, -0.25) is 0 Å². The van der Waals surface area contributed by atoms with E-state index < -0.39 is 23.5 Å². The second-order valence-electron chi connectivity index (χ2n) is 4.70. The Balaban J connectivity index is 2.47. The molecule has 0 spiro atoms. The van der Waals surface area contributed by atoms with Crippen LogP contribution in [0.3, 0.4) is 0 Å². The third-order valence-corrected chi connectivity index (χ3v) is 3.47. The first kappa shape index (κ1) is 15.9. The van der Waals surface area contributed by atoms with Crippen molar-refractivity contribution in [3.63, 3.8) is 0 Å². The number of hydrogen-bond donors (Lipinski definition) is 1. The third-order valence-electron chi connectivity index (χ3n) is 3.17. The predicted molar refractivity (Wildman–Crippen MR) is 77.9 cm³/mol. The first-order valence-corrected chi connectivity index (χ1v) is 7.04. The quantitative estimate of drug-likeness (QED) is 0.832. The summed E-state index contributed by atoms with van der Waals surface area (Å²) < 4.78 is 41.1. The van der Waals surface area contributed by atoms with E-state index in [-0.39, 0.29) is 10.6 Å². The average molecular weight is 314 g/mol. The van der Waals surface area contributed by atoms with Crippen LogP contribution in [0.15, 0.2) is 36.4 Å². The van der Waals surface area contributed by atoms with Gasteiger partial charge in [-0.05, 0) is 36.7 Å². The molecule has 5 heteroatoms. The molecule has 0 amide bonds. The summed E-state index contributed by atoms with van der Waals surface area (Å²) >= 11 is 5.66. The predicted octanol–water partition coefficient (Wildman–Crippen LogP) is 4.85. The van der Waals surface area contributed by atoms with Crippen LogP contribution in [0.25, 0.3) is 0 Å². The second kappa shape index (κ2) is 6.96. The molecule has 21 heavy (non-hydrogen) atoms. The van der Waals surface area contributed by atoms with Gasteiger partial charge in [0.1, 0.15) is 5.82 Å². The minimum Gasteiger partial charge on any atom is -0.306 e. The maximum Gasteiger partial charge on any atom is 0.163 e. The fraction of sp³-hybridized carbons (Fsp3) is 0.250. The highest BCUT2D eigenvalue weighted by Gasteiger charge is 2.20. The number of halogens is 4. The van der Waals surface area contributed by atoms with E-state index in [2.05, 4.69) is 5.32 Å². The topological polar surface area (TPSA) is 12.0 Å². The second-order valence-corrected chi connectivity index (χ2v) is 5.11. The molecule has 0 aromatic heterocycles. The maximum atomic E-state index is 14.0. The van der Waals surface area contributed by atoms with Gasteiger partial charge < -0.3 is 5.32 Å². The zero-order valence-electron chi connectivity index (χ0n) is 11.5. The lowest BCUT2D eigenvalue weighted by Gasteiger charge is -2.20. The minimum absolute atomic E-state index is 0.00675. The Morgan fingerprint density at radius 1 is 1.10 bits per heavy atom. The van der Waals surface area contributed by atoms with Crippen LogP contribution in [0, 0.1) is 17.5 Å². The van der Waals surface area contributed by atoms with E-state index in [1.807, 2.05) is 6.92 Å². The molecule has 0 saturated carbocycles. The highest BCUT2D eigenvalue weighted by atomic mass is 35.5. The fourth-order valence-electron chi connectivity index (χ4n) is 2.13. The largest absolute Gasteiger partial charge is 0.306 e. The molecule has 1 nitrogen and oxygen atoms in total. The molecule has 0 aliphatic rings. The summed E-state index contributed by atoms with van der Waals surface area (Å²) in [5.41, 5.74) is 0.639. The Labute approximate surface area is 126 Å². The molecule has 0 aliphatic heterocycles. The van der Waals surface area contributed by atoms with E-state index in [0.717, 1.165) is 12.5 Å². The summed E-state index contributed by atoms with van der Waals surface area (Å²) in [5.74, 6) is -2.44. The van der Waals surface area contributed by atoms with Crippen LogP contribution in [0.5, 0.6) is 0 Å². The van der Waals surface area contributed by atoms with E-state index in [9.17, 15) is 13.2 Å². The van der Waals surface area contributed by atoms with Crippen molar-refractivity contribution >= 4 is 11.6 Å². The van der Waals surface area contributed by atoms with Gasteiger partial charge in [-0.1, -0.05) is 36.7 Å². The zero-order valence-corrected chi connectivity index (χ0v) is 12.2. The van der Waals surface area contributed by atoms with Gasteiger partial charge in [0.2, 0.25) is 0 Å². The van der Waals surface area contributed by atoms with Crippen LogP contribution in [0.1, 0.15) is 30.5 Å². The van der Waals surface area contributed by atoms with Gasteiger partial charge in [-0.2, -0.15) is 0 Å². The van der Waals surface area contributed by atoms with E-state index in [1.54, 1.807) is 6.07 Å². The molecule has 0 fully saturated rings. The van der Waals surface area contributed by atoms with Crippen molar-refractivity contribution in [2.24, 2.45) is 0 Å². The van der Waals surface area contributed by atoms with E-state index >= 15 is 0 Å². The molecule has 0 bridgehead atoms. The lowest BCUT2D eigenvalue weighted by molar-refractivity contribution is 0.479. The van der Waals surface area contributed by atoms with Gasteiger partial charge in [0, 0.05) is 5.56 Å². The third kappa shape index (κ3) is 3.57. The van der Waals surface area contributed by atoms with Crippen molar-refractivity contribution in [1.82, 2.24) is 5.32 Å². The van der Waals surface area contributed by atoms with Crippen LogP contribution in [0.2, 0.25) is 5.02 Å². The van der Waals surface area contributed by atoms with Crippen LogP contribution < -0.4 is 5.32 Å². The van der Waals surface area contributed by atoms with E-state index in [1.165, 1.54) is 24.3 Å². The Bertz CT molecular complexity index is 631. The number of nitrogens with one attached hydrogen (secondary N) is 1. The number of rotatable bonds is 5.